The van der Waals surface area contributed by atoms with Crippen molar-refractivity contribution in [3.05, 3.63) is 0 Å². The van der Waals surface area contributed by atoms with Crippen molar-refractivity contribution in [2.24, 2.45) is 5.73 Å². The predicted octanol–water partition coefficient (Wildman–Crippen LogP) is 1.52. The molecule has 1 saturated heterocycles. The average molecular weight is 260 g/mol. The van der Waals surface area contributed by atoms with Gasteiger partial charge < -0.3 is 10.6 Å². The summed E-state index contributed by atoms with van der Waals surface area (Å²) in [5, 5.41) is 0. The molecule has 0 aromatic heterocycles. The molecule has 1 heterocycles. The van der Waals surface area contributed by atoms with Gasteiger partial charge in [0.25, 0.3) is 0 Å². The summed E-state index contributed by atoms with van der Waals surface area (Å²) in [5.74, 6) is -5.77. The average Bonchev–Trinajstić information content (AvgIpc) is 2.38. The van der Waals surface area contributed by atoms with Gasteiger partial charge in [0.2, 0.25) is 5.91 Å². The van der Waals surface area contributed by atoms with E-state index in [-0.39, 0.29) is 0 Å². The third-order valence-corrected chi connectivity index (χ3v) is 2.71. The number of halogens is 5. The number of alkyl halides is 5. The number of nitrogens with zero attached hydrogens (tertiary/aromatic N) is 1. The summed E-state index contributed by atoms with van der Waals surface area (Å²) in [6.07, 6.45) is -6.21. The van der Waals surface area contributed by atoms with Crippen LogP contribution in [0, 0.1) is 0 Å². The zero-order valence-corrected chi connectivity index (χ0v) is 9.26. The highest BCUT2D eigenvalue weighted by Gasteiger charge is 2.67. The van der Waals surface area contributed by atoms with Crippen LogP contribution in [0.2, 0.25) is 0 Å². The molecular weight excluding hydrogens is 247 g/mol. The first kappa shape index (κ1) is 14.1. The molecule has 1 aliphatic heterocycles. The van der Waals surface area contributed by atoms with Gasteiger partial charge in [-0.25, -0.2) is 0 Å². The minimum atomic E-state index is -5.72. The van der Waals surface area contributed by atoms with Gasteiger partial charge in [0.05, 0.1) is 0 Å². The van der Waals surface area contributed by atoms with E-state index < -0.39 is 42.6 Å². The van der Waals surface area contributed by atoms with Gasteiger partial charge in [-0.1, -0.05) is 0 Å². The van der Waals surface area contributed by atoms with E-state index in [2.05, 4.69) is 0 Å². The van der Waals surface area contributed by atoms with E-state index in [4.69, 9.17) is 5.73 Å². The third-order valence-electron chi connectivity index (χ3n) is 2.71. The van der Waals surface area contributed by atoms with Gasteiger partial charge >= 0.3 is 12.1 Å². The zero-order valence-electron chi connectivity index (χ0n) is 9.26. The Bertz CT molecular complexity index is 315. The first-order valence-electron chi connectivity index (χ1n) is 5.01. The molecule has 1 amide bonds. The van der Waals surface area contributed by atoms with Gasteiger partial charge in [-0.15, -0.1) is 0 Å². The van der Waals surface area contributed by atoms with Gasteiger partial charge in [0.15, 0.2) is 0 Å². The lowest BCUT2D eigenvalue weighted by atomic mass is 10.0. The number of hydrogen-bond donors (Lipinski definition) is 1. The molecular formula is C9H13F5N2O. The van der Waals surface area contributed by atoms with E-state index in [0.717, 1.165) is 0 Å². The number of likely N-dealkylation sites (tertiary alicyclic amines) is 1. The van der Waals surface area contributed by atoms with Crippen molar-refractivity contribution < 1.29 is 26.7 Å². The van der Waals surface area contributed by atoms with Crippen molar-refractivity contribution in [1.82, 2.24) is 4.90 Å². The Kier molecular flexibility index (Phi) is 3.39. The maximum Gasteiger partial charge on any atom is 0.455 e. The Balaban J connectivity index is 3.14. The monoisotopic (exact) mass is 260 g/mol. The molecule has 1 aliphatic rings. The lowest BCUT2D eigenvalue weighted by Gasteiger charge is -2.36. The maximum absolute atomic E-state index is 13.3. The fourth-order valence-electron chi connectivity index (χ4n) is 2.00. The number of carbonyl (C=O) groups excluding carboxylic acids is 1. The van der Waals surface area contributed by atoms with Crippen LogP contribution in [0.4, 0.5) is 22.0 Å². The molecule has 0 unspecified atom stereocenters. The summed E-state index contributed by atoms with van der Waals surface area (Å²) in [7, 11) is 0. The van der Waals surface area contributed by atoms with Crippen molar-refractivity contribution in [1.29, 1.82) is 0 Å². The van der Waals surface area contributed by atoms with E-state index in [1.54, 1.807) is 0 Å². The van der Waals surface area contributed by atoms with E-state index in [9.17, 15) is 26.7 Å². The van der Waals surface area contributed by atoms with Crippen molar-refractivity contribution in [3.8, 4) is 0 Å². The lowest BCUT2D eigenvalue weighted by molar-refractivity contribution is -0.302. The standard InChI is InChI=1S/C9H13F5N2O/c1-4(2)16-6(17)3-5(15)7(16)8(10,11)9(12,13)14/h4-5,7H,3,15H2,1-2H3/t5-,7-/m0/s1. The highest BCUT2D eigenvalue weighted by Crippen LogP contribution is 2.43. The van der Waals surface area contributed by atoms with Crippen LogP contribution in [0.25, 0.3) is 0 Å². The fraction of sp³-hybridized carbons (Fsp3) is 0.889. The Labute approximate surface area is 94.7 Å². The molecule has 100 valence electrons. The highest BCUT2D eigenvalue weighted by atomic mass is 19.4. The normalized spacial score (nSPS) is 27.1. The largest absolute Gasteiger partial charge is 0.455 e. The van der Waals surface area contributed by atoms with Crippen LogP contribution in [0.1, 0.15) is 20.3 Å². The maximum atomic E-state index is 13.3. The summed E-state index contributed by atoms with van der Waals surface area (Å²) >= 11 is 0. The van der Waals surface area contributed by atoms with E-state index in [1.807, 2.05) is 0 Å². The molecule has 0 saturated carbocycles. The Morgan fingerprint density at radius 1 is 1.29 bits per heavy atom. The summed E-state index contributed by atoms with van der Waals surface area (Å²) in [6.45, 7) is 2.74. The van der Waals surface area contributed by atoms with Crippen LogP contribution >= 0.6 is 0 Å². The Morgan fingerprint density at radius 2 is 1.76 bits per heavy atom. The SMILES string of the molecule is CC(C)N1C(=O)C[C@H](N)[C@H]1C(F)(F)C(F)(F)F. The van der Waals surface area contributed by atoms with Crippen LogP contribution in [-0.2, 0) is 4.79 Å². The smallest absolute Gasteiger partial charge is 0.329 e. The summed E-state index contributed by atoms with van der Waals surface area (Å²) < 4.78 is 63.4. The highest BCUT2D eigenvalue weighted by molar-refractivity contribution is 5.80. The van der Waals surface area contributed by atoms with Crippen LogP contribution in [0.15, 0.2) is 0 Å². The van der Waals surface area contributed by atoms with Gasteiger partial charge in [-0.3, -0.25) is 4.79 Å². The van der Waals surface area contributed by atoms with E-state index >= 15 is 0 Å². The fourth-order valence-corrected chi connectivity index (χ4v) is 2.00. The zero-order chi connectivity index (χ0) is 13.6. The molecule has 0 spiro atoms. The van der Waals surface area contributed by atoms with Crippen LogP contribution in [-0.4, -0.2) is 41.0 Å². The van der Waals surface area contributed by atoms with Gasteiger partial charge in [0, 0.05) is 18.5 Å². The second-order valence-electron chi connectivity index (χ2n) is 4.33. The number of amides is 1. The first-order chi connectivity index (χ1) is 7.50. The van der Waals surface area contributed by atoms with Crippen LogP contribution < -0.4 is 5.73 Å². The second-order valence-corrected chi connectivity index (χ2v) is 4.33. The minimum Gasteiger partial charge on any atom is -0.329 e. The molecule has 3 nitrogen and oxygen atoms in total. The molecule has 1 fully saturated rings. The van der Waals surface area contributed by atoms with E-state index in [0.29, 0.717) is 4.90 Å². The van der Waals surface area contributed by atoms with Crippen molar-refractivity contribution in [2.75, 3.05) is 0 Å². The predicted molar refractivity (Wildman–Crippen MR) is 49.4 cm³/mol. The molecule has 17 heavy (non-hydrogen) atoms. The molecule has 8 heteroatoms. The molecule has 0 radical (unpaired) electrons. The number of carbonyl (C=O) groups is 1. The Hall–Kier alpha value is -0.920. The second kappa shape index (κ2) is 4.08. The quantitative estimate of drug-likeness (QED) is 0.765. The van der Waals surface area contributed by atoms with Crippen LogP contribution in [0.3, 0.4) is 0 Å². The lowest BCUT2D eigenvalue weighted by Crippen LogP contribution is -2.60. The molecule has 2 N–H and O–H groups in total. The molecule has 0 aliphatic carbocycles. The number of nitrogens with two attached hydrogens (primary N) is 1. The topological polar surface area (TPSA) is 46.3 Å². The molecule has 0 aromatic rings. The van der Waals surface area contributed by atoms with Crippen LogP contribution in [0.5, 0.6) is 0 Å². The summed E-state index contributed by atoms with van der Waals surface area (Å²) in [6, 6.07) is -4.59. The molecule has 0 bridgehead atoms. The summed E-state index contributed by atoms with van der Waals surface area (Å²) in [5.41, 5.74) is 5.24. The summed E-state index contributed by atoms with van der Waals surface area (Å²) in [4.78, 5) is 11.9. The van der Waals surface area contributed by atoms with Crippen molar-refractivity contribution >= 4 is 5.91 Å². The number of rotatable bonds is 2. The molecule has 2 atom stereocenters. The number of hydrogen-bond acceptors (Lipinski definition) is 2. The van der Waals surface area contributed by atoms with Gasteiger partial charge in [-0.2, -0.15) is 22.0 Å². The van der Waals surface area contributed by atoms with E-state index in [1.165, 1.54) is 13.8 Å². The third kappa shape index (κ3) is 2.22. The van der Waals surface area contributed by atoms with Crippen molar-refractivity contribution in [2.45, 2.75) is 50.5 Å². The van der Waals surface area contributed by atoms with Crippen molar-refractivity contribution in [3.63, 3.8) is 0 Å². The Morgan fingerprint density at radius 3 is 2.12 bits per heavy atom. The van der Waals surface area contributed by atoms with Gasteiger partial charge in [0.1, 0.15) is 6.04 Å². The molecule has 0 aromatic carbocycles. The van der Waals surface area contributed by atoms with Gasteiger partial charge in [-0.05, 0) is 13.8 Å². The molecule has 1 rings (SSSR count). The minimum absolute atomic E-state index is 0.492. The first-order valence-corrected chi connectivity index (χ1v) is 5.01.